The number of halogens is 3. The molecule has 2 fully saturated rings. The van der Waals surface area contributed by atoms with Gasteiger partial charge in [0.2, 0.25) is 0 Å². The van der Waals surface area contributed by atoms with Crippen LogP contribution in [-0.2, 0) is 16.1 Å². The van der Waals surface area contributed by atoms with Crippen LogP contribution in [-0.4, -0.2) is 90.6 Å². The number of ether oxygens (including phenoxy) is 2. The summed E-state index contributed by atoms with van der Waals surface area (Å²) >= 11 is 0. The van der Waals surface area contributed by atoms with Gasteiger partial charge in [0.25, 0.3) is 0 Å². The molecule has 244 valence electrons. The number of nitrogens with zero attached hydrogens (tertiary/aromatic N) is 3. The fourth-order valence-electron chi connectivity index (χ4n) is 6.57. The van der Waals surface area contributed by atoms with E-state index in [0.29, 0.717) is 77.4 Å². The lowest BCUT2D eigenvalue weighted by Gasteiger charge is -2.42. The lowest BCUT2D eigenvalue weighted by Crippen LogP contribution is -2.43. The molecular formula is C33H41F3N4O5. The normalized spacial score (nSPS) is 18.2. The molecule has 3 heterocycles. The first-order valence-electron chi connectivity index (χ1n) is 15.4. The molecule has 12 heteroatoms. The van der Waals surface area contributed by atoms with Gasteiger partial charge in [-0.3, -0.25) is 14.7 Å². The quantitative estimate of drug-likeness (QED) is 0.226. The Balaban J connectivity index is 1.26. The summed E-state index contributed by atoms with van der Waals surface area (Å²) in [5.74, 6) is -4.19. The largest absolute Gasteiger partial charge is 0.497 e. The van der Waals surface area contributed by atoms with Gasteiger partial charge in [0.1, 0.15) is 5.75 Å². The monoisotopic (exact) mass is 630 g/mol. The van der Waals surface area contributed by atoms with Crippen LogP contribution in [0.25, 0.3) is 10.9 Å². The molecule has 5 rings (SSSR count). The zero-order valence-corrected chi connectivity index (χ0v) is 25.5. The number of hydrogen-bond donors (Lipinski definition) is 3. The number of anilines is 1. The standard InChI is InChI=1S/C33H41F3N4O5/c1-44-24-2-3-28-25(18-24)31(22(20-38-28)21-40-12-14-45-15-13-40)29(41)4-5-33(19-30(42)43)6-9-39(10-7-33)11-8-37-23-16-26(34)32(36)27(35)17-23/h2-3,16-18,20,29,37,41H,4-15,19,21H2,1H3,(H,42,43)/t29-/m0/s1. The van der Waals surface area contributed by atoms with E-state index < -0.39 is 34.9 Å². The molecule has 3 aromatic rings. The third kappa shape index (κ3) is 8.23. The van der Waals surface area contributed by atoms with Gasteiger partial charge in [-0.1, -0.05) is 0 Å². The predicted octanol–water partition coefficient (Wildman–Crippen LogP) is 4.98. The highest BCUT2D eigenvalue weighted by Gasteiger charge is 2.37. The van der Waals surface area contributed by atoms with Crippen molar-refractivity contribution < 1.29 is 37.7 Å². The molecule has 1 aromatic heterocycles. The van der Waals surface area contributed by atoms with Gasteiger partial charge in [0, 0.05) is 62.1 Å². The summed E-state index contributed by atoms with van der Waals surface area (Å²) in [6, 6.07) is 7.47. The number of carboxylic acid groups (broad SMARTS) is 1. The van der Waals surface area contributed by atoms with Crippen LogP contribution in [0, 0.1) is 22.9 Å². The smallest absolute Gasteiger partial charge is 0.303 e. The number of pyridine rings is 1. The molecule has 0 bridgehead atoms. The van der Waals surface area contributed by atoms with Crippen molar-refractivity contribution in [1.29, 1.82) is 0 Å². The van der Waals surface area contributed by atoms with Crippen molar-refractivity contribution in [3.8, 4) is 5.75 Å². The molecule has 0 unspecified atom stereocenters. The molecule has 2 aliphatic heterocycles. The minimum absolute atomic E-state index is 0.00545. The summed E-state index contributed by atoms with van der Waals surface area (Å²) in [5, 5.41) is 25.3. The zero-order chi connectivity index (χ0) is 32.0. The molecular weight excluding hydrogens is 589 g/mol. The van der Waals surface area contributed by atoms with Crippen molar-refractivity contribution in [3.63, 3.8) is 0 Å². The zero-order valence-electron chi connectivity index (χ0n) is 25.5. The molecule has 0 aliphatic carbocycles. The van der Waals surface area contributed by atoms with E-state index in [1.165, 1.54) is 0 Å². The Kier molecular flexibility index (Phi) is 10.8. The fraction of sp³-hybridized carbons (Fsp3) is 0.515. The Bertz CT molecular complexity index is 1460. The first kappa shape index (κ1) is 32.9. The minimum Gasteiger partial charge on any atom is -0.497 e. The maximum Gasteiger partial charge on any atom is 0.303 e. The molecule has 0 radical (unpaired) electrons. The fourth-order valence-corrected chi connectivity index (χ4v) is 6.57. The van der Waals surface area contributed by atoms with E-state index in [0.717, 1.165) is 47.3 Å². The van der Waals surface area contributed by atoms with Gasteiger partial charge in [-0.25, -0.2) is 13.2 Å². The van der Waals surface area contributed by atoms with Gasteiger partial charge in [-0.15, -0.1) is 0 Å². The number of methoxy groups -OCH3 is 1. The number of aliphatic hydroxyl groups is 1. The highest BCUT2D eigenvalue weighted by atomic mass is 19.2. The number of aromatic nitrogens is 1. The summed E-state index contributed by atoms with van der Waals surface area (Å²) < 4.78 is 51.3. The van der Waals surface area contributed by atoms with Gasteiger partial charge in [-0.05, 0) is 73.5 Å². The van der Waals surface area contributed by atoms with Crippen LogP contribution in [0.2, 0.25) is 0 Å². The van der Waals surface area contributed by atoms with Gasteiger partial charge >= 0.3 is 5.97 Å². The van der Waals surface area contributed by atoms with Gasteiger partial charge < -0.3 is 29.9 Å². The third-order valence-corrected chi connectivity index (χ3v) is 9.16. The number of piperidine rings is 1. The number of hydrogen-bond acceptors (Lipinski definition) is 8. The summed E-state index contributed by atoms with van der Waals surface area (Å²) in [6.45, 7) is 5.76. The maximum atomic E-state index is 13.5. The van der Waals surface area contributed by atoms with Gasteiger partial charge in [0.05, 0.1) is 38.4 Å². The van der Waals surface area contributed by atoms with Crippen molar-refractivity contribution in [2.75, 3.05) is 64.9 Å². The van der Waals surface area contributed by atoms with Crippen LogP contribution in [0.15, 0.2) is 36.5 Å². The highest BCUT2D eigenvalue weighted by Crippen LogP contribution is 2.42. The van der Waals surface area contributed by atoms with Gasteiger partial charge in [0.15, 0.2) is 17.5 Å². The number of benzene rings is 2. The van der Waals surface area contributed by atoms with Crippen molar-refractivity contribution in [1.82, 2.24) is 14.8 Å². The number of aliphatic hydroxyl groups excluding tert-OH is 1. The topological polar surface area (TPSA) is 107 Å². The summed E-state index contributed by atoms with van der Waals surface area (Å²) in [7, 11) is 1.60. The molecule has 0 amide bonds. The number of nitrogens with one attached hydrogen (secondary N) is 1. The van der Waals surface area contributed by atoms with Crippen molar-refractivity contribution in [2.24, 2.45) is 5.41 Å². The number of rotatable bonds is 13. The second-order valence-electron chi connectivity index (χ2n) is 12.1. The van der Waals surface area contributed by atoms with Crippen molar-refractivity contribution in [2.45, 2.75) is 44.8 Å². The molecule has 0 spiro atoms. The van der Waals surface area contributed by atoms with E-state index in [2.05, 4.69) is 20.1 Å². The lowest BCUT2D eigenvalue weighted by atomic mass is 9.71. The third-order valence-electron chi connectivity index (χ3n) is 9.16. The molecule has 2 saturated heterocycles. The molecule has 9 nitrogen and oxygen atoms in total. The van der Waals surface area contributed by atoms with E-state index in [1.807, 2.05) is 24.4 Å². The number of aliphatic carboxylic acids is 1. The molecule has 1 atom stereocenters. The second kappa shape index (κ2) is 14.8. The number of likely N-dealkylation sites (tertiary alicyclic amines) is 1. The Morgan fingerprint density at radius 2 is 1.80 bits per heavy atom. The second-order valence-corrected chi connectivity index (χ2v) is 12.1. The lowest BCUT2D eigenvalue weighted by molar-refractivity contribution is -0.141. The molecule has 3 N–H and O–H groups in total. The molecule has 2 aliphatic rings. The number of fused-ring (bicyclic) bond motifs is 1. The molecule has 0 saturated carbocycles. The Morgan fingerprint density at radius 3 is 2.47 bits per heavy atom. The SMILES string of the molecule is COc1ccc2ncc(CN3CCOCC3)c([C@@H](O)CCC3(CC(=O)O)CCN(CCNc4cc(F)c(F)c(F)c4)CC3)c2c1. The van der Waals surface area contributed by atoms with Crippen LogP contribution in [0.4, 0.5) is 18.9 Å². The van der Waals surface area contributed by atoms with E-state index in [1.54, 1.807) is 7.11 Å². The highest BCUT2D eigenvalue weighted by molar-refractivity contribution is 5.85. The average Bonchev–Trinajstić information content (AvgIpc) is 3.03. The Hall–Kier alpha value is -3.45. The maximum absolute atomic E-state index is 13.5. The number of carboxylic acids is 1. The van der Waals surface area contributed by atoms with E-state index in [9.17, 15) is 28.2 Å². The van der Waals surface area contributed by atoms with Crippen molar-refractivity contribution >= 4 is 22.6 Å². The van der Waals surface area contributed by atoms with Crippen LogP contribution in [0.5, 0.6) is 5.75 Å². The van der Waals surface area contributed by atoms with Crippen LogP contribution in [0.3, 0.4) is 0 Å². The van der Waals surface area contributed by atoms with Crippen molar-refractivity contribution in [3.05, 3.63) is 65.1 Å². The minimum atomic E-state index is -1.50. The molecule has 45 heavy (non-hydrogen) atoms. The van der Waals surface area contributed by atoms with Crippen LogP contribution >= 0.6 is 0 Å². The number of morpholine rings is 1. The first-order valence-corrected chi connectivity index (χ1v) is 15.4. The predicted molar refractivity (Wildman–Crippen MR) is 164 cm³/mol. The van der Waals surface area contributed by atoms with E-state index >= 15 is 0 Å². The Morgan fingerprint density at radius 1 is 1.09 bits per heavy atom. The van der Waals surface area contributed by atoms with E-state index in [-0.39, 0.29) is 12.1 Å². The van der Waals surface area contributed by atoms with Crippen LogP contribution < -0.4 is 10.1 Å². The molecule has 2 aromatic carbocycles. The Labute approximate surface area is 260 Å². The first-order chi connectivity index (χ1) is 21.7. The van der Waals surface area contributed by atoms with E-state index in [4.69, 9.17) is 9.47 Å². The summed E-state index contributed by atoms with van der Waals surface area (Å²) in [4.78, 5) is 21.1. The van der Waals surface area contributed by atoms with Gasteiger partial charge in [-0.2, -0.15) is 0 Å². The number of carbonyl (C=O) groups is 1. The van der Waals surface area contributed by atoms with Crippen LogP contribution in [0.1, 0.15) is 49.3 Å². The summed E-state index contributed by atoms with van der Waals surface area (Å²) in [5.41, 5.74) is 2.16. The average molecular weight is 631 g/mol. The summed E-state index contributed by atoms with van der Waals surface area (Å²) in [6.07, 6.45) is 3.20.